The van der Waals surface area contributed by atoms with Crippen LogP contribution >= 0.6 is 0 Å². The molecule has 1 aliphatic carbocycles. The summed E-state index contributed by atoms with van der Waals surface area (Å²) in [6.45, 7) is 2.39. The molecular weight excluding hydrogens is 229 g/mol. The summed E-state index contributed by atoms with van der Waals surface area (Å²) in [6.07, 6.45) is 2.16. The second-order valence-corrected chi connectivity index (χ2v) is 4.29. The van der Waals surface area contributed by atoms with E-state index in [4.69, 9.17) is 4.74 Å². The van der Waals surface area contributed by atoms with Gasteiger partial charge in [-0.3, -0.25) is 0 Å². The molecular formula is C8H13ClO2Zn. The second-order valence-electron chi connectivity index (χ2n) is 3.08. The first-order valence-electron chi connectivity index (χ1n) is 4.23. The van der Waals surface area contributed by atoms with Crippen LogP contribution in [0.2, 0.25) is 5.02 Å². The normalized spacial score (nSPS) is 26.9. The molecule has 1 rings (SSSR count). The first kappa shape index (κ1) is 12.4. The molecule has 0 amide bonds. The maximum atomic E-state index is 11.1. The Morgan fingerprint density at radius 1 is 1.58 bits per heavy atom. The number of esters is 1. The second kappa shape index (κ2) is 5.93. The molecule has 0 aromatic carbocycles. The smallest absolute Gasteiger partial charge is 1.00 e. The van der Waals surface area contributed by atoms with Crippen molar-refractivity contribution in [2.45, 2.75) is 24.8 Å². The van der Waals surface area contributed by atoms with E-state index < -0.39 is 0 Å². The first-order chi connectivity index (χ1) is 5.27. The average molecular weight is 242 g/mol. The van der Waals surface area contributed by atoms with Crippen LogP contribution in [0, 0.1) is 11.8 Å². The number of carbonyl (C=O) groups excluding carboxylic acids is 1. The Kier molecular flexibility index (Phi) is 6.12. The van der Waals surface area contributed by atoms with Crippen LogP contribution in [0.4, 0.5) is 0 Å². The molecule has 0 N–H and O–H groups in total. The van der Waals surface area contributed by atoms with Crippen LogP contribution in [0.1, 0.15) is 19.8 Å². The summed E-state index contributed by atoms with van der Waals surface area (Å²) in [5.41, 5.74) is 0. The molecule has 1 aliphatic rings. The molecule has 0 spiro atoms. The Morgan fingerprint density at radius 3 is 2.58 bits per heavy atom. The van der Waals surface area contributed by atoms with Crippen molar-refractivity contribution < 1.29 is 40.2 Å². The SMILES string of the molecule is CCOC(=O)C1CC([CH2][Zn+])C1.[Cl-]. The largest absolute Gasteiger partial charge is 1.00 e. The van der Waals surface area contributed by atoms with Gasteiger partial charge in [-0.2, -0.15) is 0 Å². The molecule has 0 saturated heterocycles. The quantitative estimate of drug-likeness (QED) is 0.447. The van der Waals surface area contributed by atoms with Gasteiger partial charge in [0.2, 0.25) is 0 Å². The topological polar surface area (TPSA) is 26.3 Å². The van der Waals surface area contributed by atoms with Gasteiger partial charge < -0.3 is 12.4 Å². The van der Waals surface area contributed by atoms with E-state index >= 15 is 0 Å². The van der Waals surface area contributed by atoms with Gasteiger partial charge in [0, 0.05) is 0 Å². The molecule has 0 radical (unpaired) electrons. The zero-order chi connectivity index (χ0) is 8.27. The summed E-state index contributed by atoms with van der Waals surface area (Å²) in [7, 11) is 0. The summed E-state index contributed by atoms with van der Waals surface area (Å²) >= 11 is 1.36. The molecule has 0 heterocycles. The van der Waals surface area contributed by atoms with Crippen molar-refractivity contribution in [2.24, 2.45) is 11.8 Å². The molecule has 0 bridgehead atoms. The van der Waals surface area contributed by atoms with E-state index in [0.717, 1.165) is 18.8 Å². The molecule has 12 heavy (non-hydrogen) atoms. The fourth-order valence-electron chi connectivity index (χ4n) is 1.42. The molecule has 2 nitrogen and oxygen atoms in total. The Bertz CT molecular complexity index is 146. The minimum atomic E-state index is 0. The number of halogens is 1. The van der Waals surface area contributed by atoms with E-state index in [0.29, 0.717) is 6.61 Å². The molecule has 1 saturated carbocycles. The zero-order valence-electron chi connectivity index (χ0n) is 7.38. The number of ether oxygens (including phenoxy) is 1. The van der Waals surface area contributed by atoms with Crippen LogP contribution in [-0.2, 0) is 27.8 Å². The molecule has 66 valence electrons. The van der Waals surface area contributed by atoms with Crippen molar-refractivity contribution in [1.82, 2.24) is 0 Å². The Balaban J connectivity index is 0.00000121. The zero-order valence-corrected chi connectivity index (χ0v) is 11.1. The third-order valence-electron chi connectivity index (χ3n) is 2.26. The maximum absolute atomic E-state index is 11.1. The van der Waals surface area contributed by atoms with Gasteiger partial charge in [-0.1, -0.05) is 0 Å². The van der Waals surface area contributed by atoms with Crippen molar-refractivity contribution in [1.29, 1.82) is 0 Å². The van der Waals surface area contributed by atoms with Crippen LogP contribution < -0.4 is 12.4 Å². The van der Waals surface area contributed by atoms with E-state index in [9.17, 15) is 4.79 Å². The monoisotopic (exact) mass is 240 g/mol. The maximum Gasteiger partial charge on any atom is -1.00 e. The molecule has 0 unspecified atom stereocenters. The summed E-state index contributed by atoms with van der Waals surface area (Å²) in [5.74, 6) is 1.10. The molecule has 0 aromatic heterocycles. The van der Waals surface area contributed by atoms with Crippen LogP contribution in [0.3, 0.4) is 0 Å². The van der Waals surface area contributed by atoms with E-state index in [2.05, 4.69) is 0 Å². The van der Waals surface area contributed by atoms with Gasteiger partial charge in [0.1, 0.15) is 0 Å². The van der Waals surface area contributed by atoms with E-state index in [-0.39, 0.29) is 24.3 Å². The van der Waals surface area contributed by atoms with Crippen molar-refractivity contribution in [3.8, 4) is 0 Å². The minimum absolute atomic E-state index is 0. The van der Waals surface area contributed by atoms with Gasteiger partial charge in [-0.15, -0.1) is 0 Å². The van der Waals surface area contributed by atoms with Crippen LogP contribution in [0.25, 0.3) is 0 Å². The predicted octanol–water partition coefficient (Wildman–Crippen LogP) is -1.46. The van der Waals surface area contributed by atoms with E-state index in [1.807, 2.05) is 6.92 Å². The van der Waals surface area contributed by atoms with Gasteiger partial charge in [0.15, 0.2) is 0 Å². The van der Waals surface area contributed by atoms with Gasteiger partial charge in [-0.25, -0.2) is 0 Å². The van der Waals surface area contributed by atoms with Crippen LogP contribution in [-0.4, -0.2) is 12.6 Å². The number of carbonyl (C=O) groups is 1. The van der Waals surface area contributed by atoms with Gasteiger partial charge in [-0.05, 0) is 0 Å². The minimum Gasteiger partial charge on any atom is -1.00 e. The molecule has 1 fully saturated rings. The molecule has 0 aliphatic heterocycles. The Labute approximate surface area is 89.5 Å². The standard InChI is InChI=1S/C8H13O2.ClH.Zn/c1-3-10-8(9)7-4-6(2)5-7;;/h6-7H,2-5H2,1H3;1H;/q;;+1/p-1. The van der Waals surface area contributed by atoms with Gasteiger partial charge in [0.05, 0.1) is 0 Å². The van der Waals surface area contributed by atoms with Crippen molar-refractivity contribution in [3.63, 3.8) is 0 Å². The average Bonchev–Trinajstić information content (AvgIpc) is 1.86. The van der Waals surface area contributed by atoms with Crippen LogP contribution in [0.5, 0.6) is 0 Å². The van der Waals surface area contributed by atoms with Gasteiger partial charge >= 0.3 is 77.0 Å². The number of hydrogen-bond donors (Lipinski definition) is 0. The molecule has 0 atom stereocenters. The fourth-order valence-corrected chi connectivity index (χ4v) is 2.41. The number of rotatable bonds is 3. The van der Waals surface area contributed by atoms with Crippen molar-refractivity contribution in [3.05, 3.63) is 0 Å². The third kappa shape index (κ3) is 3.03. The summed E-state index contributed by atoms with van der Waals surface area (Å²) in [4.78, 5) is 11.1. The third-order valence-corrected chi connectivity index (χ3v) is 3.98. The summed E-state index contributed by atoms with van der Waals surface area (Å²) in [6, 6.07) is 0. The molecule has 0 aromatic rings. The fraction of sp³-hybridized carbons (Fsp3) is 0.875. The first-order valence-corrected chi connectivity index (χ1v) is 6.33. The van der Waals surface area contributed by atoms with E-state index in [1.165, 1.54) is 23.3 Å². The molecule has 4 heteroatoms. The Morgan fingerprint density at radius 2 is 2.17 bits per heavy atom. The van der Waals surface area contributed by atoms with E-state index in [1.54, 1.807) is 0 Å². The number of hydrogen-bond acceptors (Lipinski definition) is 2. The van der Waals surface area contributed by atoms with Crippen molar-refractivity contribution >= 4 is 5.97 Å². The predicted molar refractivity (Wildman–Crippen MR) is 37.7 cm³/mol. The Hall–Kier alpha value is 0.383. The van der Waals surface area contributed by atoms with Crippen LogP contribution in [0.15, 0.2) is 0 Å². The summed E-state index contributed by atoms with van der Waals surface area (Å²) < 4.78 is 4.91. The van der Waals surface area contributed by atoms with Gasteiger partial charge in [0.25, 0.3) is 0 Å². The van der Waals surface area contributed by atoms with Crippen molar-refractivity contribution in [2.75, 3.05) is 6.61 Å². The summed E-state index contributed by atoms with van der Waals surface area (Å²) in [5, 5.41) is 1.33.